The van der Waals surface area contributed by atoms with Crippen LogP contribution in [0.4, 0.5) is 0 Å². The molecule has 1 saturated carbocycles. The summed E-state index contributed by atoms with van der Waals surface area (Å²) in [5, 5.41) is 0. The van der Waals surface area contributed by atoms with E-state index in [0.29, 0.717) is 23.5 Å². The van der Waals surface area contributed by atoms with Gasteiger partial charge in [-0.2, -0.15) is 0 Å². The molecular formula is C28H31NO5. The number of carbonyl (C=O) groups is 2. The van der Waals surface area contributed by atoms with E-state index in [1.54, 1.807) is 0 Å². The summed E-state index contributed by atoms with van der Waals surface area (Å²) in [6.45, 7) is 0.459. The lowest BCUT2D eigenvalue weighted by Crippen LogP contribution is -2.35. The monoisotopic (exact) mass is 461 g/mol. The minimum absolute atomic E-state index is 0.253. The fraction of sp³-hybridized carbons (Fsp3) is 0.357. The molecule has 0 bridgehead atoms. The van der Waals surface area contributed by atoms with E-state index in [9.17, 15) is 9.59 Å². The highest BCUT2D eigenvalue weighted by Gasteiger charge is 2.36. The largest absolute Gasteiger partial charge is 0.489 e. The molecule has 178 valence electrons. The summed E-state index contributed by atoms with van der Waals surface area (Å²) in [7, 11) is 2.73. The summed E-state index contributed by atoms with van der Waals surface area (Å²) < 4.78 is 16.1. The van der Waals surface area contributed by atoms with E-state index in [1.165, 1.54) is 20.6 Å². The molecule has 6 heteroatoms. The number of hydrogen-bond acceptors (Lipinski definition) is 6. The molecule has 0 atom stereocenters. The Morgan fingerprint density at radius 2 is 1.41 bits per heavy atom. The number of carbonyl (C=O) groups excluding carboxylic acids is 2. The second-order valence-electron chi connectivity index (χ2n) is 8.67. The Morgan fingerprint density at radius 3 is 1.97 bits per heavy atom. The highest BCUT2D eigenvalue weighted by Crippen LogP contribution is 2.39. The van der Waals surface area contributed by atoms with Crippen LogP contribution in [0.25, 0.3) is 0 Å². The van der Waals surface area contributed by atoms with E-state index in [-0.39, 0.29) is 6.04 Å². The van der Waals surface area contributed by atoms with Gasteiger partial charge in [-0.25, -0.2) is 9.59 Å². The normalized spacial score (nSPS) is 16.9. The van der Waals surface area contributed by atoms with E-state index >= 15 is 0 Å². The minimum Gasteiger partial charge on any atom is -0.489 e. The van der Waals surface area contributed by atoms with Gasteiger partial charge in [-0.05, 0) is 36.1 Å². The van der Waals surface area contributed by atoms with E-state index in [0.717, 1.165) is 36.8 Å². The van der Waals surface area contributed by atoms with E-state index in [4.69, 9.17) is 14.2 Å². The Hall–Kier alpha value is -3.54. The molecule has 2 aromatic carbocycles. The van der Waals surface area contributed by atoms with Crippen LogP contribution in [0.1, 0.15) is 49.1 Å². The molecule has 6 nitrogen and oxygen atoms in total. The average Bonchev–Trinajstić information content (AvgIpc) is 2.91. The molecule has 0 aromatic heterocycles. The summed E-state index contributed by atoms with van der Waals surface area (Å²) in [5.41, 5.74) is 2.72. The Kier molecular flexibility index (Phi) is 7.68. The molecule has 1 aliphatic heterocycles. The minimum atomic E-state index is -0.581. The highest BCUT2D eigenvalue weighted by atomic mass is 16.5. The van der Waals surface area contributed by atoms with Crippen molar-refractivity contribution in [1.29, 1.82) is 0 Å². The number of benzene rings is 2. The predicted octanol–water partition coefficient (Wildman–Crippen LogP) is 5.11. The van der Waals surface area contributed by atoms with Crippen molar-refractivity contribution in [2.24, 2.45) is 0 Å². The first kappa shape index (κ1) is 23.6. The van der Waals surface area contributed by atoms with Crippen molar-refractivity contribution >= 4 is 11.9 Å². The summed E-state index contributed by atoms with van der Waals surface area (Å²) in [6.07, 6.45) is 9.22. The summed E-state index contributed by atoms with van der Waals surface area (Å²) in [5.74, 6) is -0.781. The van der Waals surface area contributed by atoms with E-state index in [2.05, 4.69) is 0 Å². The summed E-state index contributed by atoms with van der Waals surface area (Å²) >= 11 is 0. The quantitative estimate of drug-likeness (QED) is 0.534. The third kappa shape index (κ3) is 5.33. The Bertz CT molecular complexity index is 1020. The first-order valence-electron chi connectivity index (χ1n) is 11.7. The van der Waals surface area contributed by atoms with Crippen LogP contribution in [0.2, 0.25) is 0 Å². The number of rotatable bonds is 7. The third-order valence-electron chi connectivity index (χ3n) is 6.50. The van der Waals surface area contributed by atoms with Gasteiger partial charge in [0.25, 0.3) is 0 Å². The fourth-order valence-electron chi connectivity index (χ4n) is 4.70. The molecule has 34 heavy (non-hydrogen) atoms. The second-order valence-corrected chi connectivity index (χ2v) is 8.67. The Balaban J connectivity index is 1.62. The Morgan fingerprint density at radius 1 is 0.824 bits per heavy atom. The zero-order valence-corrected chi connectivity index (χ0v) is 19.7. The van der Waals surface area contributed by atoms with Gasteiger partial charge in [0.15, 0.2) is 0 Å². The van der Waals surface area contributed by atoms with Crippen LogP contribution in [-0.2, 0) is 25.7 Å². The van der Waals surface area contributed by atoms with E-state index in [1.807, 2.05) is 71.9 Å². The number of nitrogens with zero attached hydrogens (tertiary/aromatic N) is 1. The average molecular weight is 462 g/mol. The van der Waals surface area contributed by atoms with Crippen molar-refractivity contribution in [1.82, 2.24) is 4.90 Å². The Labute approximate surface area is 200 Å². The van der Waals surface area contributed by atoms with Gasteiger partial charge < -0.3 is 19.1 Å². The third-order valence-corrected chi connectivity index (χ3v) is 6.50. The maximum Gasteiger partial charge on any atom is 0.336 e. The van der Waals surface area contributed by atoms with Crippen LogP contribution < -0.4 is 4.74 Å². The lowest BCUT2D eigenvalue weighted by Gasteiger charge is -2.36. The van der Waals surface area contributed by atoms with Gasteiger partial charge in [-0.1, -0.05) is 61.7 Å². The molecule has 1 fully saturated rings. The standard InChI is InChI=1S/C28H31NO5/c1-32-27(30)24-17-29(22-11-7-4-8-12-22)18-25(28(31)33-2)26(24)21-13-15-23(16-14-21)34-19-20-9-5-3-6-10-20/h3,5-6,9-10,13-18,22,26H,4,7-8,11-12,19H2,1-2H3. The molecule has 1 aliphatic carbocycles. The van der Waals surface area contributed by atoms with Crippen molar-refractivity contribution in [2.75, 3.05) is 14.2 Å². The first-order chi connectivity index (χ1) is 16.6. The number of ether oxygens (including phenoxy) is 3. The highest BCUT2D eigenvalue weighted by molar-refractivity contribution is 5.98. The number of methoxy groups -OCH3 is 2. The molecule has 2 aromatic rings. The van der Waals surface area contributed by atoms with Crippen molar-refractivity contribution in [3.8, 4) is 5.75 Å². The molecule has 4 rings (SSSR count). The number of hydrogen-bond donors (Lipinski definition) is 0. The van der Waals surface area contributed by atoms with Crippen LogP contribution in [-0.4, -0.2) is 37.1 Å². The zero-order valence-electron chi connectivity index (χ0n) is 19.7. The molecule has 2 aliphatic rings. The lowest BCUT2D eigenvalue weighted by atomic mass is 9.82. The van der Waals surface area contributed by atoms with Crippen LogP contribution in [0.3, 0.4) is 0 Å². The molecule has 0 unspecified atom stereocenters. The zero-order chi connectivity index (χ0) is 23.9. The molecule has 0 N–H and O–H groups in total. The molecule has 1 heterocycles. The molecule has 0 amide bonds. The van der Waals surface area contributed by atoms with Gasteiger partial charge in [0.2, 0.25) is 0 Å². The maximum atomic E-state index is 12.8. The van der Waals surface area contributed by atoms with Gasteiger partial charge in [0.05, 0.1) is 31.3 Å². The van der Waals surface area contributed by atoms with Crippen LogP contribution >= 0.6 is 0 Å². The van der Waals surface area contributed by atoms with Gasteiger partial charge in [0.1, 0.15) is 12.4 Å². The van der Waals surface area contributed by atoms with Crippen molar-refractivity contribution in [3.63, 3.8) is 0 Å². The van der Waals surface area contributed by atoms with Crippen LogP contribution in [0.5, 0.6) is 5.75 Å². The molecular weight excluding hydrogens is 430 g/mol. The van der Waals surface area contributed by atoms with Crippen LogP contribution in [0.15, 0.2) is 78.1 Å². The van der Waals surface area contributed by atoms with Crippen LogP contribution in [0, 0.1) is 0 Å². The van der Waals surface area contributed by atoms with Gasteiger partial charge in [-0.3, -0.25) is 0 Å². The SMILES string of the molecule is COC(=O)C1=CN(C2CCCCC2)C=C(C(=O)OC)C1c1ccc(OCc2ccccc2)cc1. The van der Waals surface area contributed by atoms with E-state index < -0.39 is 17.9 Å². The maximum absolute atomic E-state index is 12.8. The predicted molar refractivity (Wildman–Crippen MR) is 129 cm³/mol. The fourth-order valence-corrected chi connectivity index (χ4v) is 4.70. The topological polar surface area (TPSA) is 65.1 Å². The van der Waals surface area contributed by atoms with Gasteiger partial charge >= 0.3 is 11.9 Å². The lowest BCUT2D eigenvalue weighted by molar-refractivity contribution is -0.137. The smallest absolute Gasteiger partial charge is 0.336 e. The second kappa shape index (κ2) is 11.1. The van der Waals surface area contributed by atoms with Gasteiger partial charge in [-0.15, -0.1) is 0 Å². The van der Waals surface area contributed by atoms with Crippen molar-refractivity contribution < 1.29 is 23.8 Å². The first-order valence-corrected chi connectivity index (χ1v) is 11.7. The summed E-state index contributed by atoms with van der Waals surface area (Å²) in [6, 6.07) is 17.7. The summed E-state index contributed by atoms with van der Waals surface area (Å²) in [4.78, 5) is 27.7. The molecule has 0 spiro atoms. The number of esters is 2. The molecule has 0 radical (unpaired) electrons. The van der Waals surface area contributed by atoms with Gasteiger partial charge in [0, 0.05) is 18.4 Å². The van der Waals surface area contributed by atoms with Crippen molar-refractivity contribution in [2.45, 2.75) is 50.7 Å². The molecule has 0 saturated heterocycles. The van der Waals surface area contributed by atoms with Crippen molar-refractivity contribution in [3.05, 3.63) is 89.3 Å².